The van der Waals surface area contributed by atoms with Gasteiger partial charge in [0, 0.05) is 25.9 Å². The van der Waals surface area contributed by atoms with Crippen molar-refractivity contribution < 1.29 is 19.8 Å². The molecule has 2 bridgehead atoms. The van der Waals surface area contributed by atoms with Crippen LogP contribution >= 0.6 is 0 Å². The lowest BCUT2D eigenvalue weighted by Crippen LogP contribution is -2.70. The van der Waals surface area contributed by atoms with Crippen molar-refractivity contribution >= 4 is 11.8 Å². The number of aliphatic hydroxyl groups is 1. The summed E-state index contributed by atoms with van der Waals surface area (Å²) in [7, 11) is 0. The zero-order valence-corrected chi connectivity index (χ0v) is 12.7. The van der Waals surface area contributed by atoms with E-state index in [0.717, 1.165) is 32.4 Å². The van der Waals surface area contributed by atoms with Crippen LogP contribution in [0.1, 0.15) is 51.9 Å². The standard InChI is InChI=1S/C16H25NO4/c1-11-8-12(9-14(19)20)15-5-3-7-17(16(15,21)10-11)6-2-4-13(15)18/h11-12,21H,2-10H2,1H3,(H,19,20)/t11?,12-,15?,16-/m0/s1. The van der Waals surface area contributed by atoms with E-state index in [4.69, 9.17) is 0 Å². The summed E-state index contributed by atoms with van der Waals surface area (Å²) in [5.74, 6) is -0.749. The van der Waals surface area contributed by atoms with Crippen molar-refractivity contribution in [3.05, 3.63) is 0 Å². The molecule has 5 atom stereocenters. The van der Waals surface area contributed by atoms with E-state index in [9.17, 15) is 19.8 Å². The zero-order chi connectivity index (χ0) is 15.3. The molecule has 0 aromatic rings. The lowest BCUT2D eigenvalue weighted by atomic mass is 9.52. The SMILES string of the molecule is CC1C[C@@H](CC(=O)O)C23CCCN(CCCC2=O)[C@]3(O)C1. The smallest absolute Gasteiger partial charge is 0.303 e. The Hall–Kier alpha value is -0.940. The Morgan fingerprint density at radius 3 is 2.81 bits per heavy atom. The van der Waals surface area contributed by atoms with Crippen LogP contribution in [-0.4, -0.2) is 45.7 Å². The molecule has 0 radical (unpaired) electrons. The zero-order valence-electron chi connectivity index (χ0n) is 12.7. The van der Waals surface area contributed by atoms with Crippen molar-refractivity contribution in [2.24, 2.45) is 17.3 Å². The molecule has 0 spiro atoms. The highest BCUT2D eigenvalue weighted by Gasteiger charge is 2.66. The lowest BCUT2D eigenvalue weighted by molar-refractivity contribution is -0.252. The summed E-state index contributed by atoms with van der Waals surface area (Å²) in [6.07, 6.45) is 4.08. The van der Waals surface area contributed by atoms with E-state index in [1.807, 2.05) is 0 Å². The maximum Gasteiger partial charge on any atom is 0.303 e. The molecule has 1 saturated carbocycles. The van der Waals surface area contributed by atoms with Crippen LogP contribution in [0.4, 0.5) is 0 Å². The van der Waals surface area contributed by atoms with E-state index in [2.05, 4.69) is 11.8 Å². The van der Waals surface area contributed by atoms with Crippen LogP contribution in [0.3, 0.4) is 0 Å². The maximum atomic E-state index is 12.9. The average molecular weight is 295 g/mol. The van der Waals surface area contributed by atoms with Crippen LogP contribution in [0.5, 0.6) is 0 Å². The molecule has 3 fully saturated rings. The van der Waals surface area contributed by atoms with Gasteiger partial charge in [-0.25, -0.2) is 0 Å². The fourth-order valence-electron chi connectivity index (χ4n) is 5.32. The van der Waals surface area contributed by atoms with Crippen molar-refractivity contribution in [2.75, 3.05) is 13.1 Å². The Balaban J connectivity index is 2.10. The van der Waals surface area contributed by atoms with Gasteiger partial charge in [-0.05, 0) is 43.9 Å². The number of carbonyl (C=O) groups excluding carboxylic acids is 1. The third-order valence-electron chi connectivity index (χ3n) is 6.00. The molecule has 1 aliphatic carbocycles. The molecule has 0 amide bonds. The number of aliphatic carboxylic acids is 1. The average Bonchev–Trinajstić information content (AvgIpc) is 2.44. The molecule has 5 heteroatoms. The Morgan fingerprint density at radius 1 is 1.38 bits per heavy atom. The van der Waals surface area contributed by atoms with Crippen LogP contribution in [0, 0.1) is 17.3 Å². The molecule has 3 unspecified atom stereocenters. The minimum absolute atomic E-state index is 0.00771. The monoisotopic (exact) mass is 295 g/mol. The third-order valence-corrected chi connectivity index (χ3v) is 6.00. The summed E-state index contributed by atoms with van der Waals surface area (Å²) >= 11 is 0. The molecule has 2 heterocycles. The molecule has 118 valence electrons. The van der Waals surface area contributed by atoms with E-state index in [1.54, 1.807) is 0 Å². The second-order valence-corrected chi connectivity index (χ2v) is 7.25. The summed E-state index contributed by atoms with van der Waals surface area (Å²) in [5.41, 5.74) is -1.98. The largest absolute Gasteiger partial charge is 0.481 e. The number of rotatable bonds is 2. The molecule has 3 rings (SSSR count). The number of Topliss-reactive ketones (excluding diaryl/α,β-unsaturated/α-hetero) is 1. The second-order valence-electron chi connectivity index (χ2n) is 7.25. The summed E-state index contributed by atoms with van der Waals surface area (Å²) in [6.45, 7) is 3.63. The molecule has 0 aromatic carbocycles. The third kappa shape index (κ3) is 2.05. The first-order valence-electron chi connectivity index (χ1n) is 8.12. The van der Waals surface area contributed by atoms with E-state index in [1.165, 1.54) is 0 Å². The number of ketones is 1. The highest BCUT2D eigenvalue weighted by molar-refractivity contribution is 5.88. The summed E-state index contributed by atoms with van der Waals surface area (Å²) in [6, 6.07) is 0. The predicted molar refractivity (Wildman–Crippen MR) is 76.6 cm³/mol. The van der Waals surface area contributed by atoms with E-state index in [0.29, 0.717) is 19.3 Å². The van der Waals surface area contributed by atoms with Crippen LogP contribution in [0.15, 0.2) is 0 Å². The van der Waals surface area contributed by atoms with Gasteiger partial charge in [0.25, 0.3) is 0 Å². The normalized spacial score (nSPS) is 46.6. The molecular formula is C16H25NO4. The van der Waals surface area contributed by atoms with Gasteiger partial charge < -0.3 is 10.2 Å². The lowest BCUT2D eigenvalue weighted by Gasteiger charge is -2.61. The quantitative estimate of drug-likeness (QED) is 0.810. The van der Waals surface area contributed by atoms with Crippen molar-refractivity contribution in [1.82, 2.24) is 4.90 Å². The number of piperidine rings is 1. The Labute approximate surface area is 125 Å². The van der Waals surface area contributed by atoms with Crippen LogP contribution in [0.2, 0.25) is 0 Å². The van der Waals surface area contributed by atoms with Gasteiger partial charge in [0.1, 0.15) is 11.5 Å². The van der Waals surface area contributed by atoms with Crippen molar-refractivity contribution in [3.8, 4) is 0 Å². The fourth-order valence-corrected chi connectivity index (χ4v) is 5.32. The first-order valence-corrected chi connectivity index (χ1v) is 8.12. The minimum atomic E-state index is -1.13. The molecule has 2 aliphatic heterocycles. The van der Waals surface area contributed by atoms with E-state index >= 15 is 0 Å². The number of nitrogens with zero attached hydrogens (tertiary/aromatic N) is 1. The second kappa shape index (κ2) is 5.06. The fraction of sp³-hybridized carbons (Fsp3) is 0.875. The van der Waals surface area contributed by atoms with Crippen LogP contribution in [0.25, 0.3) is 0 Å². The number of hydrogen-bond acceptors (Lipinski definition) is 4. The molecule has 2 N–H and O–H groups in total. The number of carboxylic acids is 1. The topological polar surface area (TPSA) is 77.8 Å². The molecule has 0 aromatic heterocycles. The van der Waals surface area contributed by atoms with E-state index < -0.39 is 17.1 Å². The first kappa shape index (κ1) is 15.0. The van der Waals surface area contributed by atoms with Crippen molar-refractivity contribution in [3.63, 3.8) is 0 Å². The van der Waals surface area contributed by atoms with Gasteiger partial charge in [0.2, 0.25) is 0 Å². The molecule has 5 nitrogen and oxygen atoms in total. The molecule has 21 heavy (non-hydrogen) atoms. The minimum Gasteiger partial charge on any atom is -0.481 e. The van der Waals surface area contributed by atoms with Gasteiger partial charge in [0.15, 0.2) is 0 Å². The van der Waals surface area contributed by atoms with Gasteiger partial charge in [-0.2, -0.15) is 0 Å². The molecular weight excluding hydrogens is 270 g/mol. The van der Waals surface area contributed by atoms with Crippen molar-refractivity contribution in [2.45, 2.75) is 57.6 Å². The molecule has 3 aliphatic rings. The van der Waals surface area contributed by atoms with Gasteiger partial charge in [-0.3, -0.25) is 14.5 Å². The van der Waals surface area contributed by atoms with Crippen LogP contribution < -0.4 is 0 Å². The highest BCUT2D eigenvalue weighted by atomic mass is 16.4. The van der Waals surface area contributed by atoms with Crippen LogP contribution in [-0.2, 0) is 9.59 Å². The number of carbonyl (C=O) groups is 2. The summed E-state index contributed by atoms with van der Waals surface area (Å²) < 4.78 is 0. The maximum absolute atomic E-state index is 12.9. The highest BCUT2D eigenvalue weighted by Crippen LogP contribution is 2.59. The summed E-state index contributed by atoms with van der Waals surface area (Å²) in [4.78, 5) is 26.3. The number of carboxylic acid groups (broad SMARTS) is 1. The van der Waals surface area contributed by atoms with Gasteiger partial charge >= 0.3 is 5.97 Å². The Kier molecular flexibility index (Phi) is 3.61. The Morgan fingerprint density at radius 2 is 2.10 bits per heavy atom. The van der Waals surface area contributed by atoms with E-state index in [-0.39, 0.29) is 24.0 Å². The van der Waals surface area contributed by atoms with Crippen molar-refractivity contribution in [1.29, 1.82) is 0 Å². The van der Waals surface area contributed by atoms with Gasteiger partial charge in [-0.15, -0.1) is 0 Å². The number of hydrogen-bond donors (Lipinski definition) is 2. The predicted octanol–water partition coefficient (Wildman–Crippen LogP) is 1.64. The van der Waals surface area contributed by atoms with Gasteiger partial charge in [-0.1, -0.05) is 6.92 Å². The Bertz CT molecular complexity index is 465. The first-order chi connectivity index (χ1) is 9.90. The molecule has 2 saturated heterocycles. The van der Waals surface area contributed by atoms with Gasteiger partial charge in [0.05, 0.1) is 5.41 Å². The summed E-state index contributed by atoms with van der Waals surface area (Å²) in [5, 5.41) is 20.7.